The lowest BCUT2D eigenvalue weighted by molar-refractivity contribution is -0.131. The summed E-state index contributed by atoms with van der Waals surface area (Å²) in [6.07, 6.45) is 3.70. The largest absolute Gasteiger partial charge is 0.372 e. The van der Waals surface area contributed by atoms with Crippen molar-refractivity contribution in [3.05, 3.63) is 24.3 Å². The van der Waals surface area contributed by atoms with Gasteiger partial charge in [0.25, 0.3) is 0 Å². The minimum Gasteiger partial charge on any atom is -0.372 e. The fraction of sp³-hybridized carbons (Fsp3) is 0.529. The predicted octanol–water partition coefficient (Wildman–Crippen LogP) is 1.52. The normalized spacial score (nSPS) is 20.5. The third-order valence-corrected chi connectivity index (χ3v) is 4.27. The average molecular weight is 317 g/mol. The first kappa shape index (κ1) is 15.8. The molecule has 1 aromatic rings. The standard InChI is InChI=1S/C17H23N3O3/c21-16(12-18-17(22)15-4-3-11-23-15)19-13-5-7-14(8-6-13)20-9-1-2-10-20/h5-8,15H,1-4,9-12H2,(H,18,22)(H,19,21). The van der Waals surface area contributed by atoms with Gasteiger partial charge in [0.1, 0.15) is 6.10 Å². The molecule has 1 aromatic carbocycles. The first-order valence-corrected chi connectivity index (χ1v) is 8.26. The molecule has 2 fully saturated rings. The highest BCUT2D eigenvalue weighted by atomic mass is 16.5. The van der Waals surface area contributed by atoms with Gasteiger partial charge < -0.3 is 20.3 Å². The summed E-state index contributed by atoms with van der Waals surface area (Å²) in [5.74, 6) is -0.438. The zero-order chi connectivity index (χ0) is 16.1. The summed E-state index contributed by atoms with van der Waals surface area (Å²) < 4.78 is 5.28. The summed E-state index contributed by atoms with van der Waals surface area (Å²) in [6, 6.07) is 7.83. The van der Waals surface area contributed by atoms with E-state index in [1.54, 1.807) is 0 Å². The lowest BCUT2D eigenvalue weighted by Gasteiger charge is -2.17. The van der Waals surface area contributed by atoms with Crippen LogP contribution < -0.4 is 15.5 Å². The van der Waals surface area contributed by atoms with E-state index in [4.69, 9.17) is 4.74 Å². The van der Waals surface area contributed by atoms with Crippen LogP contribution in [0.3, 0.4) is 0 Å². The van der Waals surface area contributed by atoms with Gasteiger partial charge in [0.2, 0.25) is 11.8 Å². The first-order chi connectivity index (χ1) is 11.2. The molecule has 2 aliphatic rings. The van der Waals surface area contributed by atoms with Crippen LogP contribution in [-0.4, -0.2) is 44.2 Å². The molecule has 3 rings (SSSR count). The number of nitrogens with zero attached hydrogens (tertiary/aromatic N) is 1. The second-order valence-electron chi connectivity index (χ2n) is 6.01. The van der Waals surface area contributed by atoms with Crippen LogP contribution in [0.25, 0.3) is 0 Å². The molecule has 6 heteroatoms. The van der Waals surface area contributed by atoms with E-state index in [0.29, 0.717) is 6.61 Å². The first-order valence-electron chi connectivity index (χ1n) is 8.26. The van der Waals surface area contributed by atoms with Crippen LogP contribution in [0.1, 0.15) is 25.7 Å². The monoisotopic (exact) mass is 317 g/mol. The maximum Gasteiger partial charge on any atom is 0.249 e. The minimum atomic E-state index is -0.400. The van der Waals surface area contributed by atoms with Gasteiger partial charge in [-0.05, 0) is 49.9 Å². The van der Waals surface area contributed by atoms with Crippen LogP contribution in [0, 0.1) is 0 Å². The molecule has 0 aromatic heterocycles. The molecule has 6 nitrogen and oxygen atoms in total. The molecular formula is C17H23N3O3. The second-order valence-corrected chi connectivity index (χ2v) is 6.01. The fourth-order valence-electron chi connectivity index (χ4n) is 3.00. The van der Waals surface area contributed by atoms with E-state index in [1.807, 2.05) is 24.3 Å². The van der Waals surface area contributed by atoms with Crippen molar-refractivity contribution in [2.45, 2.75) is 31.8 Å². The van der Waals surface area contributed by atoms with Crippen molar-refractivity contribution in [3.63, 3.8) is 0 Å². The van der Waals surface area contributed by atoms with Crippen molar-refractivity contribution >= 4 is 23.2 Å². The van der Waals surface area contributed by atoms with Crippen molar-refractivity contribution in [2.75, 3.05) is 36.5 Å². The summed E-state index contributed by atoms with van der Waals surface area (Å²) in [7, 11) is 0. The Kier molecular flexibility index (Phi) is 5.12. The number of ether oxygens (including phenoxy) is 1. The lowest BCUT2D eigenvalue weighted by Crippen LogP contribution is -2.39. The Balaban J connectivity index is 1.44. The Morgan fingerprint density at radius 3 is 2.52 bits per heavy atom. The molecular weight excluding hydrogens is 294 g/mol. The molecule has 0 aliphatic carbocycles. The molecule has 0 spiro atoms. The third-order valence-electron chi connectivity index (χ3n) is 4.27. The van der Waals surface area contributed by atoms with E-state index in [1.165, 1.54) is 18.5 Å². The molecule has 0 bridgehead atoms. The van der Waals surface area contributed by atoms with Gasteiger partial charge in [-0.3, -0.25) is 9.59 Å². The number of benzene rings is 1. The Morgan fingerprint density at radius 2 is 1.87 bits per heavy atom. The maximum absolute atomic E-state index is 11.9. The lowest BCUT2D eigenvalue weighted by atomic mass is 10.2. The van der Waals surface area contributed by atoms with Crippen molar-refractivity contribution in [3.8, 4) is 0 Å². The summed E-state index contributed by atoms with van der Waals surface area (Å²) >= 11 is 0. The van der Waals surface area contributed by atoms with Gasteiger partial charge in [-0.25, -0.2) is 0 Å². The van der Waals surface area contributed by atoms with E-state index in [-0.39, 0.29) is 18.4 Å². The zero-order valence-electron chi connectivity index (χ0n) is 13.2. The second kappa shape index (κ2) is 7.46. The van der Waals surface area contributed by atoms with Crippen LogP contribution in [-0.2, 0) is 14.3 Å². The minimum absolute atomic E-state index is 0.0351. The quantitative estimate of drug-likeness (QED) is 0.864. The number of anilines is 2. The van der Waals surface area contributed by atoms with Gasteiger partial charge in [0.15, 0.2) is 0 Å². The van der Waals surface area contributed by atoms with Gasteiger partial charge in [0, 0.05) is 31.1 Å². The van der Waals surface area contributed by atoms with E-state index in [0.717, 1.165) is 31.6 Å². The summed E-state index contributed by atoms with van der Waals surface area (Å²) in [4.78, 5) is 26.0. The van der Waals surface area contributed by atoms with E-state index in [2.05, 4.69) is 15.5 Å². The van der Waals surface area contributed by atoms with Crippen LogP contribution >= 0.6 is 0 Å². The van der Waals surface area contributed by atoms with Crippen molar-refractivity contribution in [1.82, 2.24) is 5.32 Å². The number of amides is 2. The predicted molar refractivity (Wildman–Crippen MR) is 88.5 cm³/mol. The highest BCUT2D eigenvalue weighted by Gasteiger charge is 2.23. The molecule has 1 atom stereocenters. The number of nitrogens with one attached hydrogen (secondary N) is 2. The van der Waals surface area contributed by atoms with Crippen molar-refractivity contribution in [2.24, 2.45) is 0 Å². The number of carbonyl (C=O) groups excluding carboxylic acids is 2. The molecule has 2 aliphatic heterocycles. The SMILES string of the molecule is O=C(CNC(=O)C1CCCO1)Nc1ccc(N2CCCC2)cc1. The molecule has 0 saturated carbocycles. The Hall–Kier alpha value is -2.08. The third kappa shape index (κ3) is 4.22. The van der Waals surface area contributed by atoms with Gasteiger partial charge in [-0.2, -0.15) is 0 Å². The van der Waals surface area contributed by atoms with Gasteiger partial charge in [-0.15, -0.1) is 0 Å². The van der Waals surface area contributed by atoms with E-state index < -0.39 is 6.10 Å². The molecule has 2 saturated heterocycles. The zero-order valence-corrected chi connectivity index (χ0v) is 13.2. The Bertz CT molecular complexity index is 547. The maximum atomic E-state index is 11.9. The highest BCUT2D eigenvalue weighted by molar-refractivity contribution is 5.95. The molecule has 2 N–H and O–H groups in total. The van der Waals surface area contributed by atoms with Crippen LogP contribution in [0.15, 0.2) is 24.3 Å². The van der Waals surface area contributed by atoms with Crippen LogP contribution in [0.2, 0.25) is 0 Å². The van der Waals surface area contributed by atoms with Gasteiger partial charge in [0.05, 0.1) is 6.54 Å². The van der Waals surface area contributed by atoms with E-state index >= 15 is 0 Å². The molecule has 0 radical (unpaired) electrons. The van der Waals surface area contributed by atoms with Crippen LogP contribution in [0.5, 0.6) is 0 Å². The number of hydrogen-bond donors (Lipinski definition) is 2. The molecule has 2 amide bonds. The van der Waals surface area contributed by atoms with Crippen molar-refractivity contribution in [1.29, 1.82) is 0 Å². The summed E-state index contributed by atoms with van der Waals surface area (Å²) in [6.45, 7) is 2.78. The summed E-state index contributed by atoms with van der Waals surface area (Å²) in [5.41, 5.74) is 1.93. The van der Waals surface area contributed by atoms with Gasteiger partial charge >= 0.3 is 0 Å². The van der Waals surface area contributed by atoms with Crippen molar-refractivity contribution < 1.29 is 14.3 Å². The highest BCUT2D eigenvalue weighted by Crippen LogP contribution is 2.21. The Morgan fingerprint density at radius 1 is 1.13 bits per heavy atom. The molecule has 1 unspecified atom stereocenters. The average Bonchev–Trinajstić information content (AvgIpc) is 3.26. The Labute approximate surface area is 136 Å². The number of carbonyl (C=O) groups is 2. The summed E-state index contributed by atoms with van der Waals surface area (Å²) in [5, 5.41) is 5.41. The van der Waals surface area contributed by atoms with Gasteiger partial charge in [-0.1, -0.05) is 0 Å². The fourth-order valence-corrected chi connectivity index (χ4v) is 3.00. The molecule has 124 valence electrons. The topological polar surface area (TPSA) is 70.7 Å². The molecule has 2 heterocycles. The number of rotatable bonds is 5. The smallest absolute Gasteiger partial charge is 0.249 e. The number of hydrogen-bond acceptors (Lipinski definition) is 4. The van der Waals surface area contributed by atoms with E-state index in [9.17, 15) is 9.59 Å². The van der Waals surface area contributed by atoms with Crippen LogP contribution in [0.4, 0.5) is 11.4 Å². The molecule has 23 heavy (non-hydrogen) atoms.